The van der Waals surface area contributed by atoms with E-state index in [2.05, 4.69) is 26.2 Å². The molecule has 0 radical (unpaired) electrons. The first-order valence-corrected chi connectivity index (χ1v) is 9.16. The first-order valence-electron chi connectivity index (χ1n) is 7.99. The number of methoxy groups -OCH3 is 1. The average Bonchev–Trinajstić information content (AvgIpc) is 2.65. The Bertz CT molecular complexity index is 1010. The van der Waals surface area contributed by atoms with E-state index in [0.717, 1.165) is 26.9 Å². The molecule has 0 aliphatic rings. The van der Waals surface area contributed by atoms with E-state index in [1.807, 2.05) is 19.1 Å². The van der Waals surface area contributed by atoms with Gasteiger partial charge in [0.15, 0.2) is 0 Å². The molecule has 5 nitrogen and oxygen atoms in total. The Balaban J connectivity index is 1.97. The fourth-order valence-electron chi connectivity index (χ4n) is 2.68. The second-order valence-electron chi connectivity index (χ2n) is 5.86. The lowest BCUT2D eigenvalue weighted by Crippen LogP contribution is -1.99. The minimum Gasteiger partial charge on any atom is -0.495 e. The Morgan fingerprint density at radius 2 is 1.93 bits per heavy atom. The Morgan fingerprint density at radius 1 is 1.22 bits per heavy atom. The summed E-state index contributed by atoms with van der Waals surface area (Å²) in [7, 11) is 1.60. The summed E-state index contributed by atoms with van der Waals surface area (Å²) in [6.07, 6.45) is 1.56. The molecule has 3 aromatic rings. The van der Waals surface area contributed by atoms with Crippen molar-refractivity contribution in [3.05, 3.63) is 69.3 Å². The lowest BCUT2D eigenvalue weighted by molar-refractivity contribution is 0.0697. The van der Waals surface area contributed by atoms with Gasteiger partial charge in [-0.1, -0.05) is 23.7 Å². The van der Waals surface area contributed by atoms with Crippen molar-refractivity contribution in [3.8, 4) is 16.9 Å². The maximum atomic E-state index is 11.0. The van der Waals surface area contributed by atoms with Crippen LogP contribution in [0.5, 0.6) is 5.75 Å². The molecule has 0 aliphatic heterocycles. The smallest absolute Gasteiger partial charge is 0.335 e. The van der Waals surface area contributed by atoms with E-state index in [9.17, 15) is 4.79 Å². The number of halogens is 2. The van der Waals surface area contributed by atoms with Crippen molar-refractivity contribution in [2.45, 2.75) is 6.92 Å². The quantitative estimate of drug-likeness (QED) is 0.508. The van der Waals surface area contributed by atoms with Gasteiger partial charge >= 0.3 is 5.97 Å². The van der Waals surface area contributed by atoms with Gasteiger partial charge in [-0.05, 0) is 69.9 Å². The number of rotatable bonds is 5. The number of nitrogens with zero attached hydrogens (tertiary/aromatic N) is 1. The number of carboxylic acids is 1. The number of hydrogen-bond donors (Lipinski definition) is 2. The van der Waals surface area contributed by atoms with Crippen molar-refractivity contribution in [3.63, 3.8) is 0 Å². The number of aromatic nitrogens is 1. The van der Waals surface area contributed by atoms with E-state index in [4.69, 9.17) is 21.4 Å². The summed E-state index contributed by atoms with van der Waals surface area (Å²) < 4.78 is 6.27. The van der Waals surface area contributed by atoms with Crippen LogP contribution in [0.15, 0.2) is 53.1 Å². The summed E-state index contributed by atoms with van der Waals surface area (Å²) in [5, 5.41) is 12.8. The molecule has 0 saturated carbocycles. The van der Waals surface area contributed by atoms with Crippen LogP contribution >= 0.6 is 27.5 Å². The van der Waals surface area contributed by atoms with Gasteiger partial charge in [-0.25, -0.2) is 9.78 Å². The van der Waals surface area contributed by atoms with Gasteiger partial charge in [0.05, 0.1) is 23.4 Å². The zero-order valence-electron chi connectivity index (χ0n) is 14.6. The van der Waals surface area contributed by atoms with Crippen LogP contribution in [0, 0.1) is 6.92 Å². The van der Waals surface area contributed by atoms with Crippen molar-refractivity contribution >= 4 is 45.0 Å². The molecule has 0 fully saturated rings. The van der Waals surface area contributed by atoms with Gasteiger partial charge in [0.1, 0.15) is 11.6 Å². The summed E-state index contributed by atoms with van der Waals surface area (Å²) >= 11 is 9.37. The van der Waals surface area contributed by atoms with E-state index >= 15 is 0 Å². The topological polar surface area (TPSA) is 71.5 Å². The summed E-state index contributed by atoms with van der Waals surface area (Å²) in [6.45, 7) is 1.98. The predicted octanol–water partition coefficient (Wildman–Crippen LogP) is 5.92. The predicted molar refractivity (Wildman–Crippen MR) is 110 cm³/mol. The molecule has 1 aromatic heterocycles. The van der Waals surface area contributed by atoms with Gasteiger partial charge in [0.2, 0.25) is 0 Å². The molecule has 0 saturated heterocycles. The number of aromatic carboxylic acids is 1. The van der Waals surface area contributed by atoms with Crippen molar-refractivity contribution in [1.29, 1.82) is 0 Å². The van der Waals surface area contributed by atoms with E-state index < -0.39 is 5.97 Å². The molecule has 138 valence electrons. The highest BCUT2D eigenvalue weighted by molar-refractivity contribution is 9.10. The van der Waals surface area contributed by atoms with Crippen LogP contribution < -0.4 is 10.1 Å². The average molecular weight is 448 g/mol. The number of hydrogen-bond acceptors (Lipinski definition) is 4. The molecule has 0 unspecified atom stereocenters. The maximum Gasteiger partial charge on any atom is 0.335 e. The standard InChI is InChI=1S/C20H16BrClN2O3/c1-11-7-17(24-19-9-15(21)16(22)10-23-19)18(27-2)8-14(11)12-3-5-13(6-4-12)20(25)26/h3-10H,1-2H3,(H,23,24)(H,25,26). The summed E-state index contributed by atoms with van der Waals surface area (Å²) in [5.74, 6) is 0.324. The molecule has 2 N–H and O–H groups in total. The Morgan fingerprint density at radius 3 is 2.52 bits per heavy atom. The van der Waals surface area contributed by atoms with Gasteiger partial charge in [-0.3, -0.25) is 0 Å². The molecule has 0 amide bonds. The number of carboxylic acid groups (broad SMARTS) is 1. The third-order valence-electron chi connectivity index (χ3n) is 4.06. The van der Waals surface area contributed by atoms with E-state index in [-0.39, 0.29) is 5.56 Å². The molecule has 0 aliphatic carbocycles. The van der Waals surface area contributed by atoms with E-state index in [1.54, 1.807) is 43.6 Å². The van der Waals surface area contributed by atoms with Crippen LogP contribution in [-0.4, -0.2) is 23.2 Å². The number of aryl methyl sites for hydroxylation is 1. The van der Waals surface area contributed by atoms with Gasteiger partial charge < -0.3 is 15.2 Å². The van der Waals surface area contributed by atoms with Crippen molar-refractivity contribution in [2.24, 2.45) is 0 Å². The highest BCUT2D eigenvalue weighted by Gasteiger charge is 2.12. The zero-order chi connectivity index (χ0) is 19.6. The van der Waals surface area contributed by atoms with Crippen molar-refractivity contribution < 1.29 is 14.6 Å². The van der Waals surface area contributed by atoms with Gasteiger partial charge in [0.25, 0.3) is 0 Å². The lowest BCUT2D eigenvalue weighted by atomic mass is 9.98. The Kier molecular flexibility index (Phi) is 5.68. The molecular formula is C20H16BrClN2O3. The minimum atomic E-state index is -0.947. The summed E-state index contributed by atoms with van der Waals surface area (Å²) in [5.41, 5.74) is 3.90. The number of anilines is 2. The summed E-state index contributed by atoms with van der Waals surface area (Å²) in [6, 6.07) is 12.4. The summed E-state index contributed by atoms with van der Waals surface area (Å²) in [4.78, 5) is 15.3. The van der Waals surface area contributed by atoms with Crippen LogP contribution in [0.25, 0.3) is 11.1 Å². The maximum absolute atomic E-state index is 11.0. The molecule has 3 rings (SSSR count). The minimum absolute atomic E-state index is 0.251. The molecule has 0 spiro atoms. The van der Waals surface area contributed by atoms with Crippen LogP contribution in [0.4, 0.5) is 11.5 Å². The SMILES string of the molecule is COc1cc(-c2ccc(C(=O)O)cc2)c(C)cc1Nc1cc(Br)c(Cl)cn1. The van der Waals surface area contributed by atoms with Crippen LogP contribution in [0.2, 0.25) is 5.02 Å². The highest BCUT2D eigenvalue weighted by atomic mass is 79.9. The third kappa shape index (κ3) is 4.23. The van der Waals surface area contributed by atoms with Crippen LogP contribution in [0.3, 0.4) is 0 Å². The second-order valence-corrected chi connectivity index (χ2v) is 7.12. The van der Waals surface area contributed by atoms with Gasteiger partial charge in [-0.2, -0.15) is 0 Å². The monoisotopic (exact) mass is 446 g/mol. The molecule has 27 heavy (non-hydrogen) atoms. The zero-order valence-corrected chi connectivity index (χ0v) is 16.9. The van der Waals surface area contributed by atoms with Crippen LogP contribution in [0.1, 0.15) is 15.9 Å². The first kappa shape index (κ1) is 19.2. The molecular weight excluding hydrogens is 432 g/mol. The fourth-order valence-corrected chi connectivity index (χ4v) is 3.10. The first-order chi connectivity index (χ1) is 12.9. The third-order valence-corrected chi connectivity index (χ3v) is 5.25. The molecule has 1 heterocycles. The number of nitrogens with one attached hydrogen (secondary N) is 1. The lowest BCUT2D eigenvalue weighted by Gasteiger charge is -2.15. The number of ether oxygens (including phenoxy) is 1. The van der Waals surface area contributed by atoms with Crippen molar-refractivity contribution in [2.75, 3.05) is 12.4 Å². The number of pyridine rings is 1. The number of carbonyl (C=O) groups is 1. The largest absolute Gasteiger partial charge is 0.495 e. The van der Waals surface area contributed by atoms with E-state index in [1.165, 1.54) is 0 Å². The Hall–Kier alpha value is -2.57. The molecule has 0 bridgehead atoms. The highest BCUT2D eigenvalue weighted by Crippen LogP contribution is 2.36. The van der Waals surface area contributed by atoms with Gasteiger partial charge in [-0.15, -0.1) is 0 Å². The molecule has 7 heteroatoms. The van der Waals surface area contributed by atoms with Crippen molar-refractivity contribution in [1.82, 2.24) is 4.98 Å². The molecule has 2 aromatic carbocycles. The van der Waals surface area contributed by atoms with Gasteiger partial charge in [0, 0.05) is 10.7 Å². The second kappa shape index (κ2) is 7.98. The molecule has 0 atom stereocenters. The number of benzene rings is 2. The Labute approximate surface area is 170 Å². The fraction of sp³-hybridized carbons (Fsp3) is 0.100. The van der Waals surface area contributed by atoms with Crippen LogP contribution in [-0.2, 0) is 0 Å². The normalized spacial score (nSPS) is 10.5. The van der Waals surface area contributed by atoms with E-state index in [0.29, 0.717) is 16.6 Å².